The molecule has 1 aromatic heterocycles. The molecule has 0 bridgehead atoms. The second kappa shape index (κ2) is 5.89. The lowest BCUT2D eigenvalue weighted by molar-refractivity contribution is 0.395. The summed E-state index contributed by atoms with van der Waals surface area (Å²) in [7, 11) is 3.21. The molecule has 0 aliphatic carbocycles. The number of nitriles is 1. The number of methoxy groups -OCH3 is 1. The monoisotopic (exact) mass is 235 g/mol. The van der Waals surface area contributed by atoms with Crippen molar-refractivity contribution in [2.75, 3.05) is 37.5 Å². The Balaban J connectivity index is 3.32. The fraction of sp³-hybridized carbons (Fsp3) is 0.545. The van der Waals surface area contributed by atoms with Crippen molar-refractivity contribution in [3.8, 4) is 11.9 Å². The van der Waals surface area contributed by atoms with E-state index in [0.29, 0.717) is 23.2 Å². The molecule has 17 heavy (non-hydrogen) atoms. The van der Waals surface area contributed by atoms with Crippen LogP contribution in [0.3, 0.4) is 0 Å². The van der Waals surface area contributed by atoms with Crippen LogP contribution in [0.2, 0.25) is 0 Å². The third kappa shape index (κ3) is 2.56. The quantitative estimate of drug-likeness (QED) is 0.827. The summed E-state index contributed by atoms with van der Waals surface area (Å²) in [5, 5.41) is 11.9. The molecule has 6 heteroatoms. The average molecular weight is 235 g/mol. The number of aromatic nitrogens is 2. The molecule has 0 amide bonds. The molecule has 6 nitrogen and oxygen atoms in total. The molecule has 0 fully saturated rings. The summed E-state index contributed by atoms with van der Waals surface area (Å²) in [5.74, 6) is 1.35. The highest BCUT2D eigenvalue weighted by Gasteiger charge is 2.16. The Labute approximate surface area is 101 Å². The van der Waals surface area contributed by atoms with Crippen LogP contribution in [0.25, 0.3) is 0 Å². The third-order valence-corrected chi connectivity index (χ3v) is 2.45. The van der Waals surface area contributed by atoms with Gasteiger partial charge in [0.15, 0.2) is 11.4 Å². The number of nitrogens with one attached hydrogen (secondary N) is 1. The van der Waals surface area contributed by atoms with Crippen molar-refractivity contribution in [2.45, 2.75) is 13.8 Å². The summed E-state index contributed by atoms with van der Waals surface area (Å²) < 4.78 is 5.12. The summed E-state index contributed by atoms with van der Waals surface area (Å²) in [4.78, 5) is 10.5. The van der Waals surface area contributed by atoms with Crippen LogP contribution >= 0.6 is 0 Å². The van der Waals surface area contributed by atoms with Crippen LogP contribution in [-0.2, 0) is 0 Å². The lowest BCUT2D eigenvalue weighted by atomic mass is 10.3. The number of hydrogen-bond acceptors (Lipinski definition) is 6. The summed E-state index contributed by atoms with van der Waals surface area (Å²) in [6.07, 6.45) is 0. The Bertz CT molecular complexity index is 397. The number of hydrogen-bond donors (Lipinski definition) is 1. The van der Waals surface area contributed by atoms with Gasteiger partial charge in [0.1, 0.15) is 6.07 Å². The van der Waals surface area contributed by atoms with Gasteiger partial charge in [-0.15, -0.1) is 0 Å². The van der Waals surface area contributed by atoms with E-state index in [4.69, 9.17) is 10.00 Å². The first-order valence-electron chi connectivity index (χ1n) is 5.50. The Hall–Kier alpha value is -2.03. The maximum Gasteiger partial charge on any atom is 0.238 e. The first kappa shape index (κ1) is 13.0. The van der Waals surface area contributed by atoms with E-state index < -0.39 is 0 Å². The van der Waals surface area contributed by atoms with Crippen LogP contribution in [-0.4, -0.2) is 37.2 Å². The lowest BCUT2D eigenvalue weighted by Gasteiger charge is -2.20. The summed E-state index contributed by atoms with van der Waals surface area (Å²) >= 11 is 0. The van der Waals surface area contributed by atoms with Crippen molar-refractivity contribution in [3.05, 3.63) is 5.56 Å². The smallest absolute Gasteiger partial charge is 0.238 e. The van der Waals surface area contributed by atoms with Crippen LogP contribution in [0.1, 0.15) is 19.4 Å². The molecular weight excluding hydrogens is 218 g/mol. The fourth-order valence-electron chi connectivity index (χ4n) is 1.51. The minimum Gasteiger partial charge on any atom is -0.480 e. The van der Waals surface area contributed by atoms with Gasteiger partial charge in [0.25, 0.3) is 0 Å². The van der Waals surface area contributed by atoms with Gasteiger partial charge in [-0.3, -0.25) is 0 Å². The Morgan fingerprint density at radius 3 is 2.41 bits per heavy atom. The molecule has 0 atom stereocenters. The summed E-state index contributed by atoms with van der Waals surface area (Å²) in [6.45, 7) is 5.65. The predicted molar refractivity (Wildman–Crippen MR) is 66.4 cm³/mol. The Morgan fingerprint density at radius 2 is 2.00 bits per heavy atom. The number of rotatable bonds is 5. The van der Waals surface area contributed by atoms with Crippen molar-refractivity contribution < 1.29 is 4.74 Å². The molecule has 0 saturated carbocycles. The van der Waals surface area contributed by atoms with Crippen LogP contribution in [0.15, 0.2) is 0 Å². The third-order valence-electron chi connectivity index (χ3n) is 2.45. The molecule has 0 aromatic carbocycles. The summed E-state index contributed by atoms with van der Waals surface area (Å²) in [5.41, 5.74) is 0.325. The first-order chi connectivity index (χ1) is 8.21. The highest BCUT2D eigenvalue weighted by atomic mass is 16.5. The topological polar surface area (TPSA) is 74.1 Å². The van der Waals surface area contributed by atoms with Crippen LogP contribution in [0.4, 0.5) is 11.8 Å². The molecule has 1 N–H and O–H groups in total. The molecule has 0 spiro atoms. The van der Waals surface area contributed by atoms with E-state index in [2.05, 4.69) is 15.3 Å². The predicted octanol–water partition coefficient (Wildman–Crippen LogP) is 1.24. The van der Waals surface area contributed by atoms with E-state index in [-0.39, 0.29) is 0 Å². The average Bonchev–Trinajstić information content (AvgIpc) is 2.38. The van der Waals surface area contributed by atoms with Gasteiger partial charge < -0.3 is 15.0 Å². The molecule has 92 valence electrons. The van der Waals surface area contributed by atoms with Gasteiger partial charge in [0.05, 0.1) is 7.11 Å². The van der Waals surface area contributed by atoms with Crippen molar-refractivity contribution in [3.63, 3.8) is 0 Å². The molecule has 1 rings (SSSR count). The van der Waals surface area contributed by atoms with Gasteiger partial charge in [-0.2, -0.15) is 15.2 Å². The molecule has 0 radical (unpaired) electrons. The minimum absolute atomic E-state index is 0.300. The zero-order chi connectivity index (χ0) is 12.8. The van der Waals surface area contributed by atoms with Crippen LogP contribution in [0, 0.1) is 11.3 Å². The Morgan fingerprint density at radius 1 is 1.35 bits per heavy atom. The molecule has 1 heterocycles. The van der Waals surface area contributed by atoms with E-state index in [1.54, 1.807) is 7.05 Å². The van der Waals surface area contributed by atoms with Crippen molar-refractivity contribution in [2.24, 2.45) is 0 Å². The van der Waals surface area contributed by atoms with E-state index in [1.165, 1.54) is 7.11 Å². The van der Waals surface area contributed by atoms with Gasteiger partial charge in [0, 0.05) is 20.1 Å². The molecular formula is C11H17N5O. The lowest BCUT2D eigenvalue weighted by Crippen LogP contribution is -2.25. The second-order valence-corrected chi connectivity index (χ2v) is 3.29. The maximum atomic E-state index is 9.04. The zero-order valence-electron chi connectivity index (χ0n) is 10.6. The molecule has 0 unspecified atom stereocenters. The van der Waals surface area contributed by atoms with Gasteiger partial charge in [0.2, 0.25) is 11.8 Å². The van der Waals surface area contributed by atoms with E-state index >= 15 is 0 Å². The van der Waals surface area contributed by atoms with Crippen molar-refractivity contribution in [1.82, 2.24) is 9.97 Å². The molecule has 0 saturated heterocycles. The SMILES string of the molecule is CCN(CC)c1nc(NC)c(C#N)c(OC)n1. The van der Waals surface area contributed by atoms with Gasteiger partial charge in [-0.1, -0.05) is 0 Å². The minimum atomic E-state index is 0.300. The molecule has 0 aliphatic heterocycles. The molecule has 0 aliphatic rings. The van der Waals surface area contributed by atoms with Gasteiger partial charge in [-0.05, 0) is 13.8 Å². The fourth-order valence-corrected chi connectivity index (χ4v) is 1.51. The number of anilines is 2. The van der Waals surface area contributed by atoms with E-state index in [0.717, 1.165) is 13.1 Å². The largest absolute Gasteiger partial charge is 0.480 e. The Kier molecular flexibility index (Phi) is 4.52. The second-order valence-electron chi connectivity index (χ2n) is 3.29. The van der Waals surface area contributed by atoms with Crippen molar-refractivity contribution in [1.29, 1.82) is 5.26 Å². The van der Waals surface area contributed by atoms with Crippen LogP contribution < -0.4 is 15.0 Å². The summed E-state index contributed by atoms with van der Waals surface area (Å²) in [6, 6.07) is 2.04. The zero-order valence-corrected chi connectivity index (χ0v) is 10.6. The number of nitrogens with zero attached hydrogens (tertiary/aromatic N) is 4. The maximum absolute atomic E-state index is 9.04. The highest BCUT2D eigenvalue weighted by molar-refractivity contribution is 5.59. The first-order valence-corrected chi connectivity index (χ1v) is 5.50. The van der Waals surface area contributed by atoms with E-state index in [1.807, 2.05) is 24.8 Å². The van der Waals surface area contributed by atoms with E-state index in [9.17, 15) is 0 Å². The van der Waals surface area contributed by atoms with Crippen molar-refractivity contribution >= 4 is 11.8 Å². The number of ether oxygens (including phenoxy) is 1. The highest BCUT2D eigenvalue weighted by Crippen LogP contribution is 2.24. The standard InChI is InChI=1S/C11H17N5O/c1-5-16(6-2)11-14-9(13-3)8(7-12)10(15-11)17-4/h5-6H2,1-4H3,(H,13,14,15). The van der Waals surface area contributed by atoms with Gasteiger partial charge in [-0.25, -0.2) is 0 Å². The normalized spacial score (nSPS) is 9.59. The molecule has 1 aromatic rings. The van der Waals surface area contributed by atoms with Gasteiger partial charge >= 0.3 is 0 Å². The van der Waals surface area contributed by atoms with Crippen LogP contribution in [0.5, 0.6) is 5.88 Å².